The summed E-state index contributed by atoms with van der Waals surface area (Å²) in [5, 5.41) is 3.32. The monoisotopic (exact) mass is 378 g/mol. The minimum absolute atomic E-state index is 0. The number of hydrogen-bond acceptors (Lipinski definition) is 5. The van der Waals surface area contributed by atoms with Crippen LogP contribution in [0.1, 0.15) is 19.8 Å². The number of ether oxygens (including phenoxy) is 2. The Bertz CT molecular complexity index is 587. The first-order chi connectivity index (χ1) is 11.0. The molecule has 0 saturated carbocycles. The van der Waals surface area contributed by atoms with Crippen molar-refractivity contribution >= 4 is 22.4 Å². The number of methoxy groups -OCH3 is 1. The predicted molar refractivity (Wildman–Crippen MR) is 96.5 cm³/mol. The van der Waals surface area contributed by atoms with Gasteiger partial charge in [0, 0.05) is 20.2 Å². The molecule has 1 aromatic carbocycles. The molecule has 1 aromatic rings. The molecule has 0 aliphatic carbocycles. The maximum Gasteiger partial charge on any atom is 0.240 e. The summed E-state index contributed by atoms with van der Waals surface area (Å²) in [5.41, 5.74) is -0.0332. The van der Waals surface area contributed by atoms with Crippen molar-refractivity contribution in [1.82, 2.24) is 10.0 Å². The number of halogens is 1. The topological polar surface area (TPSA) is 76.7 Å². The largest absolute Gasteiger partial charge is 0.491 e. The SMILES string of the molecule is COCCOc1ccc(S(=O)(=O)NCC2(C)CCCNC2)cc1.Cl. The van der Waals surface area contributed by atoms with Crippen molar-refractivity contribution in [1.29, 1.82) is 0 Å². The summed E-state index contributed by atoms with van der Waals surface area (Å²) in [6, 6.07) is 6.44. The summed E-state index contributed by atoms with van der Waals surface area (Å²) >= 11 is 0. The fraction of sp³-hybridized carbons (Fsp3) is 0.625. The molecule has 1 saturated heterocycles. The van der Waals surface area contributed by atoms with E-state index in [4.69, 9.17) is 9.47 Å². The van der Waals surface area contributed by atoms with E-state index in [9.17, 15) is 8.42 Å². The molecule has 0 radical (unpaired) electrons. The second-order valence-electron chi connectivity index (χ2n) is 6.23. The Kier molecular flexibility index (Phi) is 8.45. The molecule has 1 heterocycles. The molecule has 2 rings (SSSR count). The Morgan fingerprint density at radius 3 is 2.54 bits per heavy atom. The maximum atomic E-state index is 12.4. The zero-order chi connectivity index (χ0) is 16.8. The standard InChI is InChI=1S/C16H26N2O4S.ClH/c1-16(8-3-9-17-12-16)13-18-23(19,20)15-6-4-14(5-7-15)22-11-10-21-2;/h4-7,17-18H,3,8-13H2,1-2H3;1H. The first-order valence-electron chi connectivity index (χ1n) is 7.87. The Morgan fingerprint density at radius 2 is 1.96 bits per heavy atom. The van der Waals surface area contributed by atoms with E-state index in [0.29, 0.717) is 25.5 Å². The van der Waals surface area contributed by atoms with Gasteiger partial charge in [-0.3, -0.25) is 0 Å². The molecule has 1 atom stereocenters. The van der Waals surface area contributed by atoms with Crippen molar-refractivity contribution in [3.8, 4) is 5.75 Å². The lowest BCUT2D eigenvalue weighted by Gasteiger charge is -2.34. The Labute approximate surface area is 150 Å². The first-order valence-corrected chi connectivity index (χ1v) is 9.36. The Hall–Kier alpha value is -0.860. The lowest BCUT2D eigenvalue weighted by atomic mass is 9.83. The second-order valence-corrected chi connectivity index (χ2v) is 8.00. The van der Waals surface area contributed by atoms with Crippen LogP contribution < -0.4 is 14.8 Å². The van der Waals surface area contributed by atoms with Crippen molar-refractivity contribution in [3.05, 3.63) is 24.3 Å². The van der Waals surface area contributed by atoms with Crippen LogP contribution in [0.15, 0.2) is 29.2 Å². The molecule has 0 amide bonds. The van der Waals surface area contributed by atoms with Crippen molar-refractivity contribution in [2.24, 2.45) is 5.41 Å². The second kappa shape index (κ2) is 9.58. The summed E-state index contributed by atoms with van der Waals surface area (Å²) < 4.78 is 37.9. The molecule has 2 N–H and O–H groups in total. The summed E-state index contributed by atoms with van der Waals surface area (Å²) in [6.45, 7) is 5.32. The molecule has 24 heavy (non-hydrogen) atoms. The lowest BCUT2D eigenvalue weighted by Crippen LogP contribution is -2.45. The highest BCUT2D eigenvalue weighted by molar-refractivity contribution is 7.89. The molecular weight excluding hydrogens is 352 g/mol. The van der Waals surface area contributed by atoms with Gasteiger partial charge < -0.3 is 14.8 Å². The van der Waals surface area contributed by atoms with Crippen LogP contribution in [0.2, 0.25) is 0 Å². The van der Waals surface area contributed by atoms with Gasteiger partial charge in [-0.05, 0) is 49.1 Å². The van der Waals surface area contributed by atoms with Crippen LogP contribution in [0, 0.1) is 5.41 Å². The molecule has 0 aromatic heterocycles. The fourth-order valence-electron chi connectivity index (χ4n) is 2.58. The lowest BCUT2D eigenvalue weighted by molar-refractivity contribution is 0.146. The van der Waals surface area contributed by atoms with Crippen LogP contribution >= 0.6 is 12.4 Å². The van der Waals surface area contributed by atoms with Gasteiger partial charge in [0.2, 0.25) is 10.0 Å². The Balaban J connectivity index is 0.00000288. The van der Waals surface area contributed by atoms with Crippen LogP contribution in [-0.2, 0) is 14.8 Å². The van der Waals surface area contributed by atoms with Gasteiger partial charge in [0.05, 0.1) is 11.5 Å². The smallest absolute Gasteiger partial charge is 0.240 e. The summed E-state index contributed by atoms with van der Waals surface area (Å²) in [5.74, 6) is 0.629. The number of benzene rings is 1. The van der Waals surface area contributed by atoms with Crippen LogP contribution in [-0.4, -0.2) is 48.4 Å². The first kappa shape index (κ1) is 21.2. The van der Waals surface area contributed by atoms with E-state index in [0.717, 1.165) is 25.9 Å². The molecule has 6 nitrogen and oxygen atoms in total. The van der Waals surface area contributed by atoms with Crippen LogP contribution in [0.5, 0.6) is 5.75 Å². The van der Waals surface area contributed by atoms with Gasteiger partial charge in [-0.1, -0.05) is 6.92 Å². The van der Waals surface area contributed by atoms with Gasteiger partial charge in [-0.2, -0.15) is 0 Å². The summed E-state index contributed by atoms with van der Waals surface area (Å²) in [4.78, 5) is 0.254. The number of sulfonamides is 1. The van der Waals surface area contributed by atoms with Crippen molar-refractivity contribution in [2.45, 2.75) is 24.7 Å². The van der Waals surface area contributed by atoms with Crippen molar-refractivity contribution in [3.63, 3.8) is 0 Å². The number of hydrogen-bond donors (Lipinski definition) is 2. The van der Waals surface area contributed by atoms with E-state index in [2.05, 4.69) is 17.0 Å². The normalized spacial score (nSPS) is 21.1. The minimum Gasteiger partial charge on any atom is -0.491 e. The molecule has 8 heteroatoms. The molecule has 1 aliphatic heterocycles. The molecule has 1 unspecified atom stereocenters. The van der Waals surface area contributed by atoms with Gasteiger partial charge >= 0.3 is 0 Å². The highest BCUT2D eigenvalue weighted by Crippen LogP contribution is 2.25. The predicted octanol–water partition coefficient (Wildman–Crippen LogP) is 1.80. The molecule has 1 aliphatic rings. The third-order valence-electron chi connectivity index (χ3n) is 4.06. The maximum absolute atomic E-state index is 12.4. The average molecular weight is 379 g/mol. The average Bonchev–Trinajstić information content (AvgIpc) is 2.55. The highest BCUT2D eigenvalue weighted by atomic mass is 35.5. The van der Waals surface area contributed by atoms with E-state index >= 15 is 0 Å². The van der Waals surface area contributed by atoms with E-state index < -0.39 is 10.0 Å². The summed E-state index contributed by atoms with van der Waals surface area (Å²) in [7, 11) is -1.89. The van der Waals surface area contributed by atoms with Crippen molar-refractivity contribution in [2.75, 3.05) is 40.0 Å². The van der Waals surface area contributed by atoms with Gasteiger partial charge in [-0.25, -0.2) is 13.1 Å². The summed E-state index contributed by atoms with van der Waals surface area (Å²) in [6.07, 6.45) is 2.10. The van der Waals surface area contributed by atoms with E-state index in [1.165, 1.54) is 0 Å². The van der Waals surface area contributed by atoms with Crippen LogP contribution in [0.3, 0.4) is 0 Å². The fourth-order valence-corrected chi connectivity index (χ4v) is 3.78. The highest BCUT2D eigenvalue weighted by Gasteiger charge is 2.28. The van der Waals surface area contributed by atoms with E-state index in [1.54, 1.807) is 31.4 Å². The van der Waals surface area contributed by atoms with Gasteiger partial charge in [-0.15, -0.1) is 12.4 Å². The van der Waals surface area contributed by atoms with Gasteiger partial charge in [0.25, 0.3) is 0 Å². The quantitative estimate of drug-likeness (QED) is 0.674. The zero-order valence-corrected chi connectivity index (χ0v) is 15.8. The molecular formula is C16H27ClN2O4S. The molecule has 0 bridgehead atoms. The molecule has 0 spiro atoms. The number of rotatable bonds is 8. The van der Waals surface area contributed by atoms with Crippen LogP contribution in [0.25, 0.3) is 0 Å². The third kappa shape index (κ3) is 6.22. The van der Waals surface area contributed by atoms with E-state index in [1.807, 2.05) is 0 Å². The zero-order valence-electron chi connectivity index (χ0n) is 14.2. The molecule has 1 fully saturated rings. The van der Waals surface area contributed by atoms with E-state index in [-0.39, 0.29) is 22.7 Å². The van der Waals surface area contributed by atoms with Gasteiger partial charge in [0.1, 0.15) is 12.4 Å². The number of nitrogens with one attached hydrogen (secondary N) is 2. The van der Waals surface area contributed by atoms with Crippen LogP contribution in [0.4, 0.5) is 0 Å². The molecule has 138 valence electrons. The third-order valence-corrected chi connectivity index (χ3v) is 5.48. The minimum atomic E-state index is -3.50. The Morgan fingerprint density at radius 1 is 1.25 bits per heavy atom. The van der Waals surface area contributed by atoms with Gasteiger partial charge in [0.15, 0.2) is 0 Å². The van der Waals surface area contributed by atoms with Crippen molar-refractivity contribution < 1.29 is 17.9 Å². The number of piperidine rings is 1.